The van der Waals surface area contributed by atoms with Gasteiger partial charge in [-0.2, -0.15) is 5.10 Å². The predicted molar refractivity (Wildman–Crippen MR) is 36.6 cm³/mol. The number of aryl methyl sites for hydroxylation is 1. The van der Waals surface area contributed by atoms with E-state index in [1.54, 1.807) is 6.07 Å². The molecule has 0 aliphatic heterocycles. The molecule has 0 amide bonds. The van der Waals surface area contributed by atoms with E-state index in [9.17, 15) is 4.79 Å². The van der Waals surface area contributed by atoms with Gasteiger partial charge in [-0.05, 0) is 28.9 Å². The molecule has 0 radical (unpaired) electrons. The molecule has 3 nitrogen and oxygen atoms in total. The van der Waals surface area contributed by atoms with E-state index in [4.69, 9.17) is 0 Å². The largest absolute Gasteiger partial charge is 0.279 e. The quantitative estimate of drug-likeness (QED) is 0.675. The summed E-state index contributed by atoms with van der Waals surface area (Å²) < 4.78 is -0.164. The van der Waals surface area contributed by atoms with Crippen LogP contribution in [0, 0.1) is 6.92 Å². The van der Waals surface area contributed by atoms with E-state index in [2.05, 4.69) is 26.1 Å². The Morgan fingerprint density at radius 2 is 2.56 bits per heavy atom. The van der Waals surface area contributed by atoms with E-state index >= 15 is 0 Å². The average Bonchev–Trinajstić information content (AvgIpc) is 2.14. The fourth-order valence-corrected chi connectivity index (χ4v) is 0.726. The number of aromatic nitrogens is 2. The molecule has 1 heterocycles. The zero-order chi connectivity index (χ0) is 6.85. The summed E-state index contributed by atoms with van der Waals surface area (Å²) in [5.41, 5.74) is 1.31. The summed E-state index contributed by atoms with van der Waals surface area (Å²) in [5.74, 6) is 0. The molecule has 0 saturated carbocycles. The first-order valence-corrected chi connectivity index (χ1v) is 3.21. The van der Waals surface area contributed by atoms with E-state index in [0.717, 1.165) is 5.69 Å². The first-order valence-electron chi connectivity index (χ1n) is 2.42. The Morgan fingerprint density at radius 1 is 1.89 bits per heavy atom. The van der Waals surface area contributed by atoms with Crippen LogP contribution in [-0.4, -0.2) is 14.9 Å². The van der Waals surface area contributed by atoms with Crippen molar-refractivity contribution in [1.29, 1.82) is 0 Å². The van der Waals surface area contributed by atoms with Gasteiger partial charge in [-0.1, -0.05) is 0 Å². The van der Waals surface area contributed by atoms with Crippen LogP contribution in [0.4, 0.5) is 0 Å². The minimum Gasteiger partial charge on any atom is -0.279 e. The molecule has 4 heteroatoms. The maximum atomic E-state index is 10.5. The molecule has 1 rings (SSSR count). The molecule has 0 aliphatic carbocycles. The number of carbonyl (C=O) groups excluding carboxylic acids is 1. The van der Waals surface area contributed by atoms with Crippen LogP contribution in [0.3, 0.4) is 0 Å². The van der Waals surface area contributed by atoms with Crippen LogP contribution in [0.5, 0.6) is 0 Å². The van der Waals surface area contributed by atoms with Gasteiger partial charge in [-0.25, -0.2) is 0 Å². The minimum atomic E-state index is -0.164. The highest BCUT2D eigenvalue weighted by Crippen LogP contribution is 2.02. The summed E-state index contributed by atoms with van der Waals surface area (Å²) in [5, 5.41) is 6.32. The first kappa shape index (κ1) is 6.48. The lowest BCUT2D eigenvalue weighted by Gasteiger charge is -1.78. The molecule has 1 N–H and O–H groups in total. The third kappa shape index (κ3) is 1.38. The molecule has 1 aromatic rings. The highest BCUT2D eigenvalue weighted by Gasteiger charge is 2.01. The molecule has 1 aromatic heterocycles. The van der Waals surface area contributed by atoms with Crippen molar-refractivity contribution < 1.29 is 4.79 Å². The normalized spacial score (nSPS) is 9.56. The lowest BCUT2D eigenvalue weighted by Crippen LogP contribution is -1.85. The second-order valence-electron chi connectivity index (χ2n) is 1.70. The molecule has 48 valence electrons. The Hall–Kier alpha value is -0.640. The SMILES string of the molecule is Cc1cc(C(=O)Br)[nH]n1. The zero-order valence-electron chi connectivity index (χ0n) is 4.81. The Labute approximate surface area is 60.6 Å². The van der Waals surface area contributed by atoms with Gasteiger partial charge < -0.3 is 0 Å². The van der Waals surface area contributed by atoms with Gasteiger partial charge in [0.1, 0.15) is 5.69 Å². The molecule has 0 unspecified atom stereocenters. The Balaban J connectivity index is 2.98. The van der Waals surface area contributed by atoms with Crippen LogP contribution < -0.4 is 0 Å². The molecule has 0 aromatic carbocycles. The maximum absolute atomic E-state index is 10.5. The zero-order valence-corrected chi connectivity index (χ0v) is 6.40. The van der Waals surface area contributed by atoms with Crippen molar-refractivity contribution in [1.82, 2.24) is 10.2 Å². The van der Waals surface area contributed by atoms with Gasteiger partial charge >= 0.3 is 0 Å². The number of H-pyrrole nitrogens is 1. The third-order valence-corrected chi connectivity index (χ3v) is 1.34. The number of hydrogen-bond donors (Lipinski definition) is 1. The second kappa shape index (κ2) is 2.31. The molecule has 0 bridgehead atoms. The Kier molecular flexibility index (Phi) is 1.66. The molecule has 0 atom stereocenters. The number of nitrogens with zero attached hydrogens (tertiary/aromatic N) is 1. The highest BCUT2D eigenvalue weighted by atomic mass is 79.9. The smallest absolute Gasteiger partial charge is 0.245 e. The number of carbonyl (C=O) groups is 1. The van der Waals surface area contributed by atoms with Gasteiger partial charge in [0.2, 0.25) is 4.69 Å². The van der Waals surface area contributed by atoms with Crippen molar-refractivity contribution in [3.8, 4) is 0 Å². The van der Waals surface area contributed by atoms with E-state index in [0.29, 0.717) is 5.69 Å². The van der Waals surface area contributed by atoms with Gasteiger partial charge in [-0.15, -0.1) is 0 Å². The molecular weight excluding hydrogens is 184 g/mol. The van der Waals surface area contributed by atoms with Crippen LogP contribution in [0.25, 0.3) is 0 Å². The van der Waals surface area contributed by atoms with E-state index in [-0.39, 0.29) is 4.69 Å². The van der Waals surface area contributed by atoms with Crippen LogP contribution in [-0.2, 0) is 0 Å². The van der Waals surface area contributed by atoms with E-state index in [1.807, 2.05) is 6.92 Å². The average molecular weight is 189 g/mol. The van der Waals surface area contributed by atoms with Crippen molar-refractivity contribution in [2.75, 3.05) is 0 Å². The predicted octanol–water partition coefficient (Wildman–Crippen LogP) is 1.25. The van der Waals surface area contributed by atoms with Crippen molar-refractivity contribution >= 4 is 20.6 Å². The first-order chi connectivity index (χ1) is 4.20. The molecule has 9 heavy (non-hydrogen) atoms. The maximum Gasteiger partial charge on any atom is 0.245 e. The number of hydrogen-bond acceptors (Lipinski definition) is 2. The fraction of sp³-hybridized carbons (Fsp3) is 0.200. The summed E-state index contributed by atoms with van der Waals surface area (Å²) in [6.07, 6.45) is 0. The van der Waals surface area contributed by atoms with Crippen molar-refractivity contribution in [3.05, 3.63) is 17.5 Å². The number of aromatic amines is 1. The standard InChI is InChI=1S/C5H5BrN2O/c1-3-2-4(5(6)9)8-7-3/h2H,1H3,(H,7,8). The summed E-state index contributed by atoms with van der Waals surface area (Å²) >= 11 is 2.79. The fourth-order valence-electron chi connectivity index (χ4n) is 0.523. The van der Waals surface area contributed by atoms with Crippen LogP contribution in [0.15, 0.2) is 6.07 Å². The van der Waals surface area contributed by atoms with E-state index < -0.39 is 0 Å². The molecule has 0 saturated heterocycles. The lowest BCUT2D eigenvalue weighted by atomic mass is 10.4. The monoisotopic (exact) mass is 188 g/mol. The highest BCUT2D eigenvalue weighted by molar-refractivity contribution is 9.18. The Morgan fingerprint density at radius 3 is 2.78 bits per heavy atom. The second-order valence-corrected chi connectivity index (χ2v) is 2.42. The third-order valence-electron chi connectivity index (χ3n) is 0.918. The van der Waals surface area contributed by atoms with Gasteiger partial charge in [0, 0.05) is 0 Å². The topological polar surface area (TPSA) is 45.8 Å². The van der Waals surface area contributed by atoms with Crippen LogP contribution in [0.2, 0.25) is 0 Å². The van der Waals surface area contributed by atoms with Gasteiger partial charge in [-0.3, -0.25) is 9.89 Å². The molecular formula is C5H5BrN2O. The summed E-state index contributed by atoms with van der Waals surface area (Å²) in [6, 6.07) is 1.68. The minimum absolute atomic E-state index is 0.164. The summed E-state index contributed by atoms with van der Waals surface area (Å²) in [6.45, 7) is 1.82. The van der Waals surface area contributed by atoms with Crippen molar-refractivity contribution in [2.45, 2.75) is 6.92 Å². The van der Waals surface area contributed by atoms with Gasteiger partial charge in [0.15, 0.2) is 0 Å². The Bertz CT molecular complexity index is 231. The van der Waals surface area contributed by atoms with Crippen LogP contribution in [0.1, 0.15) is 16.2 Å². The molecule has 0 spiro atoms. The molecule has 0 aliphatic rings. The van der Waals surface area contributed by atoms with Gasteiger partial charge in [0.25, 0.3) is 0 Å². The number of rotatable bonds is 1. The van der Waals surface area contributed by atoms with Crippen molar-refractivity contribution in [3.63, 3.8) is 0 Å². The summed E-state index contributed by atoms with van der Waals surface area (Å²) in [4.78, 5) is 10.5. The van der Waals surface area contributed by atoms with Gasteiger partial charge in [0.05, 0.1) is 5.69 Å². The van der Waals surface area contributed by atoms with Crippen LogP contribution >= 0.6 is 15.9 Å². The number of halogens is 1. The summed E-state index contributed by atoms with van der Waals surface area (Å²) in [7, 11) is 0. The molecule has 0 fully saturated rings. The van der Waals surface area contributed by atoms with Crippen molar-refractivity contribution in [2.24, 2.45) is 0 Å². The lowest BCUT2D eigenvalue weighted by molar-refractivity contribution is 0.109. The van der Waals surface area contributed by atoms with E-state index in [1.165, 1.54) is 0 Å². The number of nitrogens with one attached hydrogen (secondary N) is 1.